The highest BCUT2D eigenvalue weighted by atomic mass is 35.5. The fraction of sp³-hybridized carbons (Fsp3) is 0.471. The van der Waals surface area contributed by atoms with E-state index in [2.05, 4.69) is 29.1 Å². The molecule has 3 rings (SSSR count). The predicted octanol–water partition coefficient (Wildman–Crippen LogP) is 4.54. The van der Waals surface area contributed by atoms with Crippen molar-refractivity contribution >= 4 is 11.6 Å². The van der Waals surface area contributed by atoms with Crippen LogP contribution in [0.2, 0.25) is 5.02 Å². The van der Waals surface area contributed by atoms with Crippen molar-refractivity contribution in [3.05, 3.63) is 51.9 Å². The molecule has 4 heteroatoms. The number of aromatic nitrogens is 1. The van der Waals surface area contributed by atoms with E-state index in [1.54, 1.807) is 0 Å². The predicted molar refractivity (Wildman–Crippen MR) is 84.5 cm³/mol. The average Bonchev–Trinajstić information content (AvgIpc) is 3.05. The molecule has 1 aliphatic rings. The number of benzene rings is 1. The zero-order valence-electron chi connectivity index (χ0n) is 12.6. The topological polar surface area (TPSA) is 29.3 Å². The van der Waals surface area contributed by atoms with E-state index < -0.39 is 0 Å². The van der Waals surface area contributed by atoms with Crippen LogP contribution in [0.4, 0.5) is 0 Å². The van der Waals surface area contributed by atoms with Crippen LogP contribution in [0, 0.1) is 6.92 Å². The molecule has 2 aromatic rings. The van der Waals surface area contributed by atoms with Gasteiger partial charge < -0.3 is 4.52 Å². The van der Waals surface area contributed by atoms with Crippen molar-refractivity contribution in [2.75, 3.05) is 6.54 Å². The Morgan fingerprint density at radius 2 is 2.29 bits per heavy atom. The molecule has 0 amide bonds. The molecule has 0 saturated carbocycles. The standard InChI is InChI=1S/C17H21ClN2O/c1-3-16-17(12(2)19-21-16)15-8-5-9-20(15)11-13-6-4-7-14(18)10-13/h4,6-7,10,15H,3,5,8-9,11H2,1-2H3/t15-/m0/s1. The number of likely N-dealkylation sites (tertiary alicyclic amines) is 1. The minimum absolute atomic E-state index is 0.421. The first kappa shape index (κ1) is 14.6. The van der Waals surface area contributed by atoms with Crippen molar-refractivity contribution in [3.63, 3.8) is 0 Å². The monoisotopic (exact) mass is 304 g/mol. The second-order valence-corrected chi connectivity index (χ2v) is 6.15. The Hall–Kier alpha value is -1.32. The SMILES string of the molecule is CCc1onc(C)c1[C@@H]1CCCN1Cc1cccc(Cl)c1. The Labute approximate surface area is 130 Å². The third kappa shape index (κ3) is 2.99. The summed E-state index contributed by atoms with van der Waals surface area (Å²) < 4.78 is 5.48. The molecule has 0 spiro atoms. The lowest BCUT2D eigenvalue weighted by molar-refractivity contribution is 0.245. The Bertz CT molecular complexity index is 623. The van der Waals surface area contributed by atoms with E-state index in [0.29, 0.717) is 6.04 Å². The zero-order valence-corrected chi connectivity index (χ0v) is 13.4. The van der Waals surface area contributed by atoms with Gasteiger partial charge in [-0.1, -0.05) is 35.8 Å². The van der Waals surface area contributed by atoms with Crippen LogP contribution in [0.1, 0.15) is 48.4 Å². The number of nitrogens with zero attached hydrogens (tertiary/aromatic N) is 2. The first-order valence-electron chi connectivity index (χ1n) is 7.62. The van der Waals surface area contributed by atoms with Gasteiger partial charge in [-0.25, -0.2) is 0 Å². The van der Waals surface area contributed by atoms with Gasteiger partial charge in [0.05, 0.1) is 5.69 Å². The number of rotatable bonds is 4. The number of halogens is 1. The summed E-state index contributed by atoms with van der Waals surface area (Å²) in [5.74, 6) is 1.04. The summed E-state index contributed by atoms with van der Waals surface area (Å²) in [6, 6.07) is 8.56. The number of hydrogen-bond donors (Lipinski definition) is 0. The van der Waals surface area contributed by atoms with E-state index in [1.807, 2.05) is 19.1 Å². The van der Waals surface area contributed by atoms with Gasteiger partial charge in [-0.3, -0.25) is 4.90 Å². The van der Waals surface area contributed by atoms with Crippen LogP contribution in [0.3, 0.4) is 0 Å². The fourth-order valence-electron chi connectivity index (χ4n) is 3.32. The van der Waals surface area contributed by atoms with Crippen LogP contribution >= 0.6 is 11.6 Å². The zero-order chi connectivity index (χ0) is 14.8. The maximum atomic E-state index is 6.10. The van der Waals surface area contributed by atoms with E-state index in [9.17, 15) is 0 Å². The third-order valence-corrected chi connectivity index (χ3v) is 4.51. The van der Waals surface area contributed by atoms with Gasteiger partial charge in [0.15, 0.2) is 0 Å². The van der Waals surface area contributed by atoms with Crippen molar-refractivity contribution in [2.45, 2.75) is 45.7 Å². The van der Waals surface area contributed by atoms with E-state index in [4.69, 9.17) is 16.1 Å². The second-order valence-electron chi connectivity index (χ2n) is 5.72. The number of aryl methyl sites for hydroxylation is 2. The van der Waals surface area contributed by atoms with Gasteiger partial charge in [0.2, 0.25) is 0 Å². The first-order chi connectivity index (χ1) is 10.2. The van der Waals surface area contributed by atoms with Gasteiger partial charge in [-0.05, 0) is 44.0 Å². The summed E-state index contributed by atoms with van der Waals surface area (Å²) in [6.45, 7) is 6.22. The Morgan fingerprint density at radius 1 is 1.43 bits per heavy atom. The van der Waals surface area contributed by atoms with Crippen molar-refractivity contribution < 1.29 is 4.52 Å². The molecule has 3 nitrogen and oxygen atoms in total. The fourth-order valence-corrected chi connectivity index (χ4v) is 3.53. The quantitative estimate of drug-likeness (QED) is 0.830. The largest absolute Gasteiger partial charge is 0.361 e. The van der Waals surface area contributed by atoms with Gasteiger partial charge in [0.1, 0.15) is 5.76 Å². The van der Waals surface area contributed by atoms with Crippen molar-refractivity contribution in [1.29, 1.82) is 0 Å². The highest BCUT2D eigenvalue weighted by Gasteiger charge is 2.31. The van der Waals surface area contributed by atoms with E-state index in [-0.39, 0.29) is 0 Å². The van der Waals surface area contributed by atoms with Crippen molar-refractivity contribution in [2.24, 2.45) is 0 Å². The molecule has 0 bridgehead atoms. The molecule has 0 aliphatic carbocycles. The maximum Gasteiger partial charge on any atom is 0.141 e. The lowest BCUT2D eigenvalue weighted by Gasteiger charge is -2.24. The molecule has 1 aliphatic heterocycles. The molecule has 1 atom stereocenters. The molecular formula is C17H21ClN2O. The minimum Gasteiger partial charge on any atom is -0.361 e. The molecule has 1 saturated heterocycles. The second kappa shape index (κ2) is 6.20. The van der Waals surface area contributed by atoms with Crippen LogP contribution in [-0.4, -0.2) is 16.6 Å². The molecule has 0 unspecified atom stereocenters. The molecule has 1 fully saturated rings. The molecule has 112 valence electrons. The van der Waals surface area contributed by atoms with Gasteiger partial charge in [0.25, 0.3) is 0 Å². The summed E-state index contributed by atoms with van der Waals surface area (Å²) in [4.78, 5) is 2.52. The van der Waals surface area contributed by atoms with Gasteiger partial charge in [-0.15, -0.1) is 0 Å². The molecule has 0 N–H and O–H groups in total. The smallest absolute Gasteiger partial charge is 0.141 e. The molecule has 1 aromatic carbocycles. The summed E-state index contributed by atoms with van der Waals surface area (Å²) in [5.41, 5.74) is 3.61. The lowest BCUT2D eigenvalue weighted by Crippen LogP contribution is -2.23. The summed E-state index contributed by atoms with van der Waals surface area (Å²) >= 11 is 6.10. The minimum atomic E-state index is 0.421. The van der Waals surface area contributed by atoms with Crippen LogP contribution in [0.25, 0.3) is 0 Å². The van der Waals surface area contributed by atoms with Gasteiger partial charge in [-0.2, -0.15) is 0 Å². The summed E-state index contributed by atoms with van der Waals surface area (Å²) in [7, 11) is 0. The molecule has 21 heavy (non-hydrogen) atoms. The molecular weight excluding hydrogens is 284 g/mol. The Kier molecular flexibility index (Phi) is 4.32. The van der Waals surface area contributed by atoms with Crippen molar-refractivity contribution in [1.82, 2.24) is 10.1 Å². The van der Waals surface area contributed by atoms with Crippen LogP contribution in [-0.2, 0) is 13.0 Å². The average molecular weight is 305 g/mol. The normalized spacial score (nSPS) is 19.3. The summed E-state index contributed by atoms with van der Waals surface area (Å²) in [6.07, 6.45) is 3.30. The highest BCUT2D eigenvalue weighted by molar-refractivity contribution is 6.30. The lowest BCUT2D eigenvalue weighted by atomic mass is 10.0. The Morgan fingerprint density at radius 3 is 3.05 bits per heavy atom. The first-order valence-corrected chi connectivity index (χ1v) is 8.00. The summed E-state index contributed by atoms with van der Waals surface area (Å²) in [5, 5.41) is 4.97. The highest BCUT2D eigenvalue weighted by Crippen LogP contribution is 2.37. The van der Waals surface area contributed by atoms with Crippen LogP contribution < -0.4 is 0 Å². The van der Waals surface area contributed by atoms with Crippen LogP contribution in [0.15, 0.2) is 28.8 Å². The van der Waals surface area contributed by atoms with Crippen molar-refractivity contribution in [3.8, 4) is 0 Å². The maximum absolute atomic E-state index is 6.10. The number of hydrogen-bond acceptors (Lipinski definition) is 3. The van der Waals surface area contributed by atoms with E-state index >= 15 is 0 Å². The molecule has 2 heterocycles. The van der Waals surface area contributed by atoms with E-state index in [0.717, 1.165) is 36.0 Å². The molecule has 1 aromatic heterocycles. The van der Waals surface area contributed by atoms with Gasteiger partial charge in [0, 0.05) is 29.6 Å². The van der Waals surface area contributed by atoms with E-state index in [1.165, 1.54) is 24.0 Å². The molecule has 0 radical (unpaired) electrons. The third-order valence-electron chi connectivity index (χ3n) is 4.28. The Balaban J connectivity index is 1.84. The van der Waals surface area contributed by atoms with Gasteiger partial charge >= 0.3 is 0 Å². The van der Waals surface area contributed by atoms with Crippen LogP contribution in [0.5, 0.6) is 0 Å².